The van der Waals surface area contributed by atoms with Gasteiger partial charge in [0, 0.05) is 28.4 Å². The van der Waals surface area contributed by atoms with E-state index in [1.54, 1.807) is 0 Å². The molecule has 0 bridgehead atoms. The van der Waals surface area contributed by atoms with Crippen molar-refractivity contribution in [3.63, 3.8) is 0 Å². The van der Waals surface area contributed by atoms with E-state index in [1.165, 1.54) is 22.6 Å². The summed E-state index contributed by atoms with van der Waals surface area (Å²) in [4.78, 5) is 2.78. The summed E-state index contributed by atoms with van der Waals surface area (Å²) in [5, 5.41) is 3.40. The van der Waals surface area contributed by atoms with Crippen LogP contribution in [0.25, 0.3) is 0 Å². The Kier molecular flexibility index (Phi) is 2.41. The van der Waals surface area contributed by atoms with Crippen LogP contribution in [0.1, 0.15) is 22.6 Å². The molecule has 3 heteroatoms. The summed E-state index contributed by atoms with van der Waals surface area (Å²) < 4.78 is 0. The molecular weight excluding hydrogens is 180 g/mol. The Hall–Kier alpha value is -0.380. The summed E-state index contributed by atoms with van der Waals surface area (Å²) in [6.45, 7) is 4.07. The molecule has 1 saturated carbocycles. The van der Waals surface area contributed by atoms with Gasteiger partial charge in [0.05, 0.1) is 0 Å². The van der Waals surface area contributed by atoms with Gasteiger partial charge in [-0.2, -0.15) is 0 Å². The number of hydrogen-bond donors (Lipinski definition) is 2. The molecule has 1 aromatic heterocycles. The third kappa shape index (κ3) is 2.53. The van der Waals surface area contributed by atoms with E-state index >= 15 is 0 Å². The maximum absolute atomic E-state index is 5.96. The van der Waals surface area contributed by atoms with Crippen LogP contribution in [0.3, 0.4) is 0 Å². The predicted octanol–water partition coefficient (Wildman–Crippen LogP) is 1.64. The number of thiophene rings is 1. The zero-order valence-electron chi connectivity index (χ0n) is 7.97. The summed E-state index contributed by atoms with van der Waals surface area (Å²) in [6, 6.07) is 4.35. The van der Waals surface area contributed by atoms with E-state index in [1.807, 2.05) is 11.3 Å². The zero-order valence-corrected chi connectivity index (χ0v) is 8.79. The van der Waals surface area contributed by atoms with Crippen molar-refractivity contribution >= 4 is 11.3 Å². The molecule has 0 amide bonds. The van der Waals surface area contributed by atoms with Gasteiger partial charge in [-0.3, -0.25) is 0 Å². The van der Waals surface area contributed by atoms with Crippen LogP contribution in [0.15, 0.2) is 12.1 Å². The second kappa shape index (κ2) is 3.40. The Balaban J connectivity index is 1.73. The van der Waals surface area contributed by atoms with Gasteiger partial charge in [-0.15, -0.1) is 11.3 Å². The van der Waals surface area contributed by atoms with Gasteiger partial charge >= 0.3 is 0 Å². The van der Waals surface area contributed by atoms with Crippen molar-refractivity contribution in [2.24, 2.45) is 5.73 Å². The molecule has 1 aliphatic rings. The predicted molar refractivity (Wildman–Crippen MR) is 56.9 cm³/mol. The van der Waals surface area contributed by atoms with Crippen LogP contribution in [-0.4, -0.2) is 12.1 Å². The first-order valence-corrected chi connectivity index (χ1v) is 5.55. The SMILES string of the molecule is Cc1ccc(CNCC2(N)CC2)s1. The van der Waals surface area contributed by atoms with Crippen LogP contribution in [0.2, 0.25) is 0 Å². The molecule has 2 nitrogen and oxygen atoms in total. The lowest BCUT2D eigenvalue weighted by Gasteiger charge is -2.08. The van der Waals surface area contributed by atoms with Crippen molar-refractivity contribution in [2.75, 3.05) is 6.54 Å². The third-order valence-electron chi connectivity index (χ3n) is 2.46. The Morgan fingerprint density at radius 3 is 2.85 bits per heavy atom. The van der Waals surface area contributed by atoms with Crippen molar-refractivity contribution in [1.29, 1.82) is 0 Å². The van der Waals surface area contributed by atoms with Crippen molar-refractivity contribution in [3.8, 4) is 0 Å². The van der Waals surface area contributed by atoms with Gasteiger partial charge in [0.15, 0.2) is 0 Å². The average molecular weight is 196 g/mol. The fourth-order valence-electron chi connectivity index (χ4n) is 1.35. The van der Waals surface area contributed by atoms with Gasteiger partial charge in [-0.05, 0) is 31.9 Å². The molecule has 0 spiro atoms. The topological polar surface area (TPSA) is 38.0 Å². The van der Waals surface area contributed by atoms with Crippen LogP contribution in [-0.2, 0) is 6.54 Å². The minimum atomic E-state index is 0.131. The number of rotatable bonds is 4. The van der Waals surface area contributed by atoms with E-state index in [0.29, 0.717) is 0 Å². The van der Waals surface area contributed by atoms with E-state index in [2.05, 4.69) is 24.4 Å². The van der Waals surface area contributed by atoms with Crippen molar-refractivity contribution in [1.82, 2.24) is 5.32 Å². The van der Waals surface area contributed by atoms with Gasteiger partial charge in [0.2, 0.25) is 0 Å². The van der Waals surface area contributed by atoms with Crippen LogP contribution in [0, 0.1) is 6.92 Å². The molecule has 13 heavy (non-hydrogen) atoms. The fourth-order valence-corrected chi connectivity index (χ4v) is 2.21. The largest absolute Gasteiger partial charge is 0.324 e. The first-order chi connectivity index (χ1) is 6.18. The average Bonchev–Trinajstić information content (AvgIpc) is 2.65. The van der Waals surface area contributed by atoms with E-state index in [0.717, 1.165) is 13.1 Å². The summed E-state index contributed by atoms with van der Waals surface area (Å²) in [7, 11) is 0. The Labute approximate surface area is 83.1 Å². The van der Waals surface area contributed by atoms with Gasteiger partial charge < -0.3 is 11.1 Å². The van der Waals surface area contributed by atoms with E-state index < -0.39 is 0 Å². The van der Waals surface area contributed by atoms with E-state index in [9.17, 15) is 0 Å². The lowest BCUT2D eigenvalue weighted by Crippen LogP contribution is -2.35. The molecule has 1 aromatic rings. The molecule has 0 aromatic carbocycles. The van der Waals surface area contributed by atoms with Crippen LogP contribution >= 0.6 is 11.3 Å². The Morgan fingerprint density at radius 1 is 1.54 bits per heavy atom. The van der Waals surface area contributed by atoms with E-state index in [-0.39, 0.29) is 5.54 Å². The standard InChI is InChI=1S/C10H16N2S/c1-8-2-3-9(13-8)6-12-7-10(11)4-5-10/h2-3,12H,4-7,11H2,1H3. The molecule has 3 N–H and O–H groups in total. The highest BCUT2D eigenvalue weighted by atomic mass is 32.1. The first-order valence-electron chi connectivity index (χ1n) is 4.73. The molecule has 1 aliphatic carbocycles. The first kappa shape index (κ1) is 9.19. The van der Waals surface area contributed by atoms with Gasteiger partial charge in [-0.1, -0.05) is 0 Å². The number of hydrogen-bond acceptors (Lipinski definition) is 3. The van der Waals surface area contributed by atoms with Crippen LogP contribution in [0.4, 0.5) is 0 Å². The smallest absolute Gasteiger partial charge is 0.0300 e. The minimum absolute atomic E-state index is 0.131. The fraction of sp³-hybridized carbons (Fsp3) is 0.600. The Bertz CT molecular complexity index is 289. The monoisotopic (exact) mass is 196 g/mol. The molecule has 1 fully saturated rings. The molecule has 0 unspecified atom stereocenters. The second-order valence-electron chi connectivity index (χ2n) is 3.98. The summed E-state index contributed by atoms with van der Waals surface area (Å²) in [5.74, 6) is 0. The van der Waals surface area contributed by atoms with Gasteiger partial charge in [-0.25, -0.2) is 0 Å². The van der Waals surface area contributed by atoms with Crippen LogP contribution < -0.4 is 11.1 Å². The molecule has 0 radical (unpaired) electrons. The number of aryl methyl sites for hydroxylation is 1. The second-order valence-corrected chi connectivity index (χ2v) is 5.35. The molecule has 0 atom stereocenters. The summed E-state index contributed by atoms with van der Waals surface area (Å²) >= 11 is 1.86. The normalized spacial score (nSPS) is 18.9. The van der Waals surface area contributed by atoms with Crippen LogP contribution in [0.5, 0.6) is 0 Å². The highest BCUT2D eigenvalue weighted by molar-refractivity contribution is 7.11. The van der Waals surface area contributed by atoms with Crippen molar-refractivity contribution in [3.05, 3.63) is 21.9 Å². The molecule has 2 rings (SSSR count). The molecule has 72 valence electrons. The lowest BCUT2D eigenvalue weighted by molar-refractivity contribution is 0.572. The van der Waals surface area contributed by atoms with E-state index in [4.69, 9.17) is 5.73 Å². The maximum atomic E-state index is 5.96. The summed E-state index contributed by atoms with van der Waals surface area (Å²) in [5.41, 5.74) is 6.09. The van der Waals surface area contributed by atoms with Gasteiger partial charge in [0.1, 0.15) is 0 Å². The maximum Gasteiger partial charge on any atom is 0.0300 e. The quantitative estimate of drug-likeness (QED) is 0.768. The lowest BCUT2D eigenvalue weighted by atomic mass is 10.3. The number of nitrogens with two attached hydrogens (primary N) is 1. The number of nitrogens with one attached hydrogen (secondary N) is 1. The molecular formula is C10H16N2S. The van der Waals surface area contributed by atoms with Gasteiger partial charge in [0.25, 0.3) is 0 Å². The molecule has 0 aliphatic heterocycles. The third-order valence-corrected chi connectivity index (χ3v) is 3.47. The molecule has 1 heterocycles. The summed E-state index contributed by atoms with van der Waals surface area (Å²) in [6.07, 6.45) is 2.37. The molecule has 0 saturated heterocycles. The minimum Gasteiger partial charge on any atom is -0.324 e. The van der Waals surface area contributed by atoms with Crippen molar-refractivity contribution in [2.45, 2.75) is 31.8 Å². The Morgan fingerprint density at radius 2 is 2.31 bits per heavy atom. The highest BCUT2D eigenvalue weighted by Crippen LogP contribution is 2.31. The zero-order chi connectivity index (χ0) is 9.31. The highest BCUT2D eigenvalue weighted by Gasteiger charge is 2.37. The van der Waals surface area contributed by atoms with Crippen molar-refractivity contribution < 1.29 is 0 Å².